The molecule has 0 N–H and O–H groups in total. The van der Waals surface area contributed by atoms with Gasteiger partial charge in [0.05, 0.1) is 0 Å². The number of benzene rings is 2. The molecule has 1 amide bonds. The minimum absolute atomic E-state index is 0.0883. The monoisotopic (exact) mass is 326 g/mol. The van der Waals surface area contributed by atoms with E-state index in [9.17, 15) is 9.18 Å². The topological polar surface area (TPSA) is 23.6 Å². The lowest BCUT2D eigenvalue weighted by Gasteiger charge is -2.37. The van der Waals surface area contributed by atoms with Gasteiger partial charge in [0.2, 0.25) is 0 Å². The molecule has 24 heavy (non-hydrogen) atoms. The molecule has 0 bridgehead atoms. The van der Waals surface area contributed by atoms with Gasteiger partial charge in [-0.3, -0.25) is 4.79 Å². The number of carbonyl (C=O) groups excluding carboxylic acids is 1. The Morgan fingerprint density at radius 3 is 2.46 bits per heavy atom. The van der Waals surface area contributed by atoms with Crippen LogP contribution in [0.4, 0.5) is 10.1 Å². The molecular formula is C20H23FN2O. The highest BCUT2D eigenvalue weighted by Crippen LogP contribution is 2.27. The van der Waals surface area contributed by atoms with E-state index in [1.165, 1.54) is 28.9 Å². The standard InChI is InChI=1S/C20H23FN2O/c1-3-16-7-4-6-15(2)19(16)22-10-12-23(13-11-22)20(24)17-8-5-9-18(21)14-17/h4-9,14H,3,10-13H2,1-2H3. The Balaban J connectivity index is 1.71. The molecule has 126 valence electrons. The van der Waals surface area contributed by atoms with Gasteiger partial charge >= 0.3 is 0 Å². The van der Waals surface area contributed by atoms with Crippen LogP contribution in [0.2, 0.25) is 0 Å². The third kappa shape index (κ3) is 3.28. The largest absolute Gasteiger partial charge is 0.368 e. The van der Waals surface area contributed by atoms with Crippen LogP contribution in [0.3, 0.4) is 0 Å². The van der Waals surface area contributed by atoms with Crippen LogP contribution in [0.25, 0.3) is 0 Å². The zero-order valence-electron chi connectivity index (χ0n) is 14.3. The van der Waals surface area contributed by atoms with Gasteiger partial charge in [0.15, 0.2) is 0 Å². The van der Waals surface area contributed by atoms with Crippen LogP contribution in [0, 0.1) is 12.7 Å². The number of nitrogens with zero attached hydrogens (tertiary/aromatic N) is 2. The first-order chi connectivity index (χ1) is 11.6. The Bertz CT molecular complexity index is 736. The quantitative estimate of drug-likeness (QED) is 0.859. The van der Waals surface area contributed by atoms with Crippen molar-refractivity contribution >= 4 is 11.6 Å². The Kier molecular flexibility index (Phi) is 4.84. The lowest BCUT2D eigenvalue weighted by Crippen LogP contribution is -2.49. The van der Waals surface area contributed by atoms with E-state index in [1.54, 1.807) is 12.1 Å². The van der Waals surface area contributed by atoms with E-state index in [2.05, 4.69) is 36.9 Å². The van der Waals surface area contributed by atoms with Crippen LogP contribution in [0.1, 0.15) is 28.4 Å². The summed E-state index contributed by atoms with van der Waals surface area (Å²) in [7, 11) is 0. The van der Waals surface area contributed by atoms with Crippen molar-refractivity contribution in [3.05, 3.63) is 65.0 Å². The fourth-order valence-electron chi connectivity index (χ4n) is 3.39. The van der Waals surface area contributed by atoms with Gasteiger partial charge in [-0.2, -0.15) is 0 Å². The maximum absolute atomic E-state index is 13.3. The first-order valence-electron chi connectivity index (χ1n) is 8.48. The number of hydrogen-bond donors (Lipinski definition) is 0. The summed E-state index contributed by atoms with van der Waals surface area (Å²) in [4.78, 5) is 16.7. The van der Waals surface area contributed by atoms with Gasteiger partial charge in [0.25, 0.3) is 5.91 Å². The number of para-hydroxylation sites is 1. The molecule has 2 aromatic rings. The second kappa shape index (κ2) is 7.04. The molecule has 0 saturated carbocycles. The summed E-state index contributed by atoms with van der Waals surface area (Å²) in [5.74, 6) is -0.457. The van der Waals surface area contributed by atoms with Crippen molar-refractivity contribution in [1.82, 2.24) is 4.90 Å². The molecule has 0 atom stereocenters. The summed E-state index contributed by atoms with van der Waals surface area (Å²) >= 11 is 0. The summed E-state index contributed by atoms with van der Waals surface area (Å²) < 4.78 is 13.3. The number of carbonyl (C=O) groups is 1. The van der Waals surface area contributed by atoms with Gasteiger partial charge < -0.3 is 9.80 Å². The second-order valence-electron chi connectivity index (χ2n) is 6.23. The molecule has 1 fully saturated rings. The van der Waals surface area contributed by atoms with E-state index in [-0.39, 0.29) is 11.7 Å². The smallest absolute Gasteiger partial charge is 0.254 e. The normalized spacial score (nSPS) is 14.8. The van der Waals surface area contributed by atoms with Crippen LogP contribution in [-0.2, 0) is 6.42 Å². The third-order valence-corrected chi connectivity index (χ3v) is 4.66. The molecule has 1 aliphatic heterocycles. The van der Waals surface area contributed by atoms with Crippen molar-refractivity contribution in [3.63, 3.8) is 0 Å². The number of aryl methyl sites for hydroxylation is 2. The second-order valence-corrected chi connectivity index (χ2v) is 6.23. The molecule has 0 aliphatic carbocycles. The summed E-state index contributed by atoms with van der Waals surface area (Å²) in [5, 5.41) is 0. The van der Waals surface area contributed by atoms with Crippen molar-refractivity contribution in [1.29, 1.82) is 0 Å². The maximum Gasteiger partial charge on any atom is 0.254 e. The fraction of sp³-hybridized carbons (Fsp3) is 0.350. The molecular weight excluding hydrogens is 303 g/mol. The van der Waals surface area contributed by atoms with E-state index < -0.39 is 0 Å². The molecule has 0 aromatic heterocycles. The summed E-state index contributed by atoms with van der Waals surface area (Å²) in [5.41, 5.74) is 4.35. The van der Waals surface area contributed by atoms with Crippen molar-refractivity contribution in [3.8, 4) is 0 Å². The van der Waals surface area contributed by atoms with E-state index in [4.69, 9.17) is 0 Å². The number of piperazine rings is 1. The van der Waals surface area contributed by atoms with Gasteiger partial charge in [0.1, 0.15) is 5.82 Å². The highest BCUT2D eigenvalue weighted by atomic mass is 19.1. The van der Waals surface area contributed by atoms with Crippen molar-refractivity contribution in [2.45, 2.75) is 20.3 Å². The highest BCUT2D eigenvalue weighted by molar-refractivity contribution is 5.94. The molecule has 1 saturated heterocycles. The first kappa shape index (κ1) is 16.5. The molecule has 3 rings (SSSR count). The van der Waals surface area contributed by atoms with Crippen LogP contribution in [0.15, 0.2) is 42.5 Å². The molecule has 0 radical (unpaired) electrons. The summed E-state index contributed by atoms with van der Waals surface area (Å²) in [6.07, 6.45) is 0.999. The van der Waals surface area contributed by atoms with E-state index in [0.29, 0.717) is 18.7 Å². The summed E-state index contributed by atoms with van der Waals surface area (Å²) in [6.45, 7) is 7.23. The molecule has 0 unspecified atom stereocenters. The van der Waals surface area contributed by atoms with Gasteiger partial charge in [-0.25, -0.2) is 4.39 Å². The number of amides is 1. The van der Waals surface area contributed by atoms with Gasteiger partial charge in [-0.05, 0) is 42.7 Å². The Hall–Kier alpha value is -2.36. The van der Waals surface area contributed by atoms with Crippen LogP contribution in [-0.4, -0.2) is 37.0 Å². The highest BCUT2D eigenvalue weighted by Gasteiger charge is 2.24. The van der Waals surface area contributed by atoms with Crippen molar-refractivity contribution < 1.29 is 9.18 Å². The molecule has 0 spiro atoms. The van der Waals surface area contributed by atoms with Gasteiger partial charge in [-0.1, -0.05) is 31.2 Å². The predicted molar refractivity (Wildman–Crippen MR) is 95.1 cm³/mol. The van der Waals surface area contributed by atoms with Crippen molar-refractivity contribution in [2.24, 2.45) is 0 Å². The average Bonchev–Trinajstić information content (AvgIpc) is 2.61. The van der Waals surface area contributed by atoms with Crippen LogP contribution < -0.4 is 4.90 Å². The lowest BCUT2D eigenvalue weighted by atomic mass is 10.0. The lowest BCUT2D eigenvalue weighted by molar-refractivity contribution is 0.0746. The predicted octanol–water partition coefficient (Wildman–Crippen LogP) is 3.66. The number of anilines is 1. The molecule has 3 nitrogen and oxygen atoms in total. The van der Waals surface area contributed by atoms with E-state index in [1.807, 2.05) is 4.90 Å². The number of rotatable bonds is 3. The maximum atomic E-state index is 13.3. The van der Waals surface area contributed by atoms with Crippen LogP contribution in [0.5, 0.6) is 0 Å². The van der Waals surface area contributed by atoms with Crippen LogP contribution >= 0.6 is 0 Å². The SMILES string of the molecule is CCc1cccc(C)c1N1CCN(C(=O)c2cccc(F)c2)CC1. The van der Waals surface area contributed by atoms with E-state index >= 15 is 0 Å². The number of hydrogen-bond acceptors (Lipinski definition) is 2. The molecule has 2 aromatic carbocycles. The fourth-order valence-corrected chi connectivity index (χ4v) is 3.39. The molecule has 1 heterocycles. The van der Waals surface area contributed by atoms with Gasteiger partial charge in [-0.15, -0.1) is 0 Å². The minimum Gasteiger partial charge on any atom is -0.368 e. The number of halogens is 1. The third-order valence-electron chi connectivity index (χ3n) is 4.66. The molecule has 4 heteroatoms. The zero-order valence-corrected chi connectivity index (χ0v) is 14.3. The average molecular weight is 326 g/mol. The van der Waals surface area contributed by atoms with Gasteiger partial charge in [0, 0.05) is 37.4 Å². The summed E-state index contributed by atoms with van der Waals surface area (Å²) in [6, 6.07) is 12.3. The Labute approximate surface area is 142 Å². The van der Waals surface area contributed by atoms with Crippen molar-refractivity contribution in [2.75, 3.05) is 31.1 Å². The Morgan fingerprint density at radius 2 is 1.79 bits per heavy atom. The molecule has 1 aliphatic rings. The zero-order chi connectivity index (χ0) is 17.1. The minimum atomic E-state index is -0.369. The first-order valence-corrected chi connectivity index (χ1v) is 8.48. The van der Waals surface area contributed by atoms with E-state index in [0.717, 1.165) is 19.5 Å². The Morgan fingerprint density at radius 1 is 1.08 bits per heavy atom.